The Bertz CT molecular complexity index is 813. The van der Waals surface area contributed by atoms with Gasteiger partial charge in [-0.05, 0) is 42.0 Å². The quantitative estimate of drug-likeness (QED) is 0.778. The standard InChI is InChI=1S/C20H20N2O3S/c23-18-9-10-19(24)22(18)13-14-5-7-15(8-6-14)20(25)21-11-1-3-16(21)17-4-2-12-26-17/h2,4-8,12,16H,1,3,9-11,13H2/t16-/m1/s1. The van der Waals surface area contributed by atoms with Crippen LogP contribution in [0.4, 0.5) is 0 Å². The van der Waals surface area contributed by atoms with Gasteiger partial charge in [0.1, 0.15) is 0 Å². The average Bonchev–Trinajstić information content (AvgIpc) is 3.39. The first-order valence-electron chi connectivity index (χ1n) is 8.90. The van der Waals surface area contributed by atoms with E-state index in [0.29, 0.717) is 18.4 Å². The van der Waals surface area contributed by atoms with Gasteiger partial charge in [0, 0.05) is 29.8 Å². The third kappa shape index (κ3) is 3.17. The van der Waals surface area contributed by atoms with Crippen molar-refractivity contribution in [1.29, 1.82) is 0 Å². The van der Waals surface area contributed by atoms with Gasteiger partial charge in [-0.3, -0.25) is 19.3 Å². The van der Waals surface area contributed by atoms with Crippen LogP contribution < -0.4 is 0 Å². The number of benzene rings is 1. The van der Waals surface area contributed by atoms with Crippen LogP contribution >= 0.6 is 11.3 Å². The molecule has 0 unspecified atom stereocenters. The molecule has 1 aromatic carbocycles. The lowest BCUT2D eigenvalue weighted by atomic mass is 10.1. The zero-order valence-electron chi connectivity index (χ0n) is 14.4. The summed E-state index contributed by atoms with van der Waals surface area (Å²) in [4.78, 5) is 40.9. The SMILES string of the molecule is O=C1CCC(=O)N1Cc1ccc(C(=O)N2CCC[C@@H]2c2cccs2)cc1. The van der Waals surface area contributed by atoms with E-state index in [1.807, 2.05) is 28.5 Å². The molecule has 2 aromatic rings. The van der Waals surface area contributed by atoms with Crippen LogP contribution in [0.25, 0.3) is 0 Å². The molecule has 0 aliphatic carbocycles. The van der Waals surface area contributed by atoms with E-state index in [4.69, 9.17) is 0 Å². The maximum Gasteiger partial charge on any atom is 0.254 e. The van der Waals surface area contributed by atoms with Gasteiger partial charge in [0.2, 0.25) is 11.8 Å². The van der Waals surface area contributed by atoms with E-state index >= 15 is 0 Å². The van der Waals surface area contributed by atoms with Crippen molar-refractivity contribution >= 4 is 29.1 Å². The lowest BCUT2D eigenvalue weighted by Gasteiger charge is -2.24. The third-order valence-corrected chi connectivity index (χ3v) is 6.06. The first kappa shape index (κ1) is 17.0. The maximum atomic E-state index is 12.9. The minimum Gasteiger partial charge on any atom is -0.331 e. The Kier molecular flexibility index (Phi) is 4.59. The second kappa shape index (κ2) is 7.03. The van der Waals surface area contributed by atoms with Gasteiger partial charge in [-0.2, -0.15) is 0 Å². The molecule has 6 heteroatoms. The zero-order chi connectivity index (χ0) is 18.1. The van der Waals surface area contributed by atoms with Gasteiger partial charge in [0.15, 0.2) is 0 Å². The van der Waals surface area contributed by atoms with Crippen LogP contribution in [-0.4, -0.2) is 34.1 Å². The van der Waals surface area contributed by atoms with E-state index in [0.717, 1.165) is 24.9 Å². The number of hydrogen-bond donors (Lipinski definition) is 0. The molecule has 0 radical (unpaired) electrons. The summed E-state index contributed by atoms with van der Waals surface area (Å²) in [7, 11) is 0. The Morgan fingerprint density at radius 1 is 1.08 bits per heavy atom. The van der Waals surface area contributed by atoms with Crippen LogP contribution in [0.5, 0.6) is 0 Å². The largest absolute Gasteiger partial charge is 0.331 e. The summed E-state index contributed by atoms with van der Waals surface area (Å²) in [5, 5.41) is 2.05. The van der Waals surface area contributed by atoms with E-state index in [1.54, 1.807) is 23.5 Å². The fourth-order valence-corrected chi connectivity index (χ4v) is 4.56. The van der Waals surface area contributed by atoms with Crippen molar-refractivity contribution in [2.45, 2.75) is 38.3 Å². The summed E-state index contributed by atoms with van der Waals surface area (Å²) >= 11 is 1.69. The monoisotopic (exact) mass is 368 g/mol. The lowest BCUT2D eigenvalue weighted by Crippen LogP contribution is -2.30. The van der Waals surface area contributed by atoms with Gasteiger partial charge >= 0.3 is 0 Å². The van der Waals surface area contributed by atoms with Gasteiger partial charge in [-0.1, -0.05) is 18.2 Å². The highest BCUT2D eigenvalue weighted by atomic mass is 32.1. The molecule has 3 amide bonds. The Morgan fingerprint density at radius 3 is 2.46 bits per heavy atom. The molecule has 0 N–H and O–H groups in total. The summed E-state index contributed by atoms with van der Waals surface area (Å²) < 4.78 is 0. The Morgan fingerprint density at radius 2 is 1.81 bits per heavy atom. The van der Waals surface area contributed by atoms with Crippen LogP contribution in [0.15, 0.2) is 41.8 Å². The van der Waals surface area contributed by atoms with Crippen LogP contribution in [0.2, 0.25) is 0 Å². The highest BCUT2D eigenvalue weighted by Crippen LogP contribution is 2.35. The highest BCUT2D eigenvalue weighted by Gasteiger charge is 2.31. The van der Waals surface area contributed by atoms with Crippen LogP contribution in [0.1, 0.15) is 52.5 Å². The molecule has 1 aromatic heterocycles. The molecule has 0 bridgehead atoms. The predicted molar refractivity (Wildman–Crippen MR) is 98.6 cm³/mol. The van der Waals surface area contributed by atoms with Crippen molar-refractivity contribution in [3.05, 3.63) is 57.8 Å². The molecule has 3 heterocycles. The average molecular weight is 368 g/mol. The minimum atomic E-state index is -0.119. The van der Waals surface area contributed by atoms with Crippen LogP contribution in [0, 0.1) is 0 Å². The molecule has 1 atom stereocenters. The number of thiophene rings is 1. The van der Waals surface area contributed by atoms with Gasteiger partial charge in [0.05, 0.1) is 12.6 Å². The summed E-state index contributed by atoms with van der Waals surface area (Å²) in [6.07, 6.45) is 2.62. The van der Waals surface area contributed by atoms with Gasteiger partial charge in [-0.15, -0.1) is 11.3 Å². The number of hydrogen-bond acceptors (Lipinski definition) is 4. The number of amides is 3. The van der Waals surface area contributed by atoms with E-state index < -0.39 is 0 Å². The summed E-state index contributed by atoms with van der Waals surface area (Å²) in [5.41, 5.74) is 1.51. The van der Waals surface area contributed by atoms with Crippen molar-refractivity contribution in [3.63, 3.8) is 0 Å². The maximum absolute atomic E-state index is 12.9. The second-order valence-corrected chi connectivity index (χ2v) is 7.72. The van der Waals surface area contributed by atoms with Crippen molar-refractivity contribution < 1.29 is 14.4 Å². The number of likely N-dealkylation sites (tertiary alicyclic amines) is 2. The summed E-state index contributed by atoms with van der Waals surface area (Å²) in [6, 6.07) is 11.6. The second-order valence-electron chi connectivity index (χ2n) is 6.74. The number of nitrogens with zero attached hydrogens (tertiary/aromatic N) is 2. The molecule has 2 fully saturated rings. The third-order valence-electron chi connectivity index (χ3n) is 5.08. The number of rotatable bonds is 4. The lowest BCUT2D eigenvalue weighted by molar-refractivity contribution is -0.139. The molecular formula is C20H20N2O3S. The fourth-order valence-electron chi connectivity index (χ4n) is 3.69. The van der Waals surface area contributed by atoms with Crippen molar-refractivity contribution in [1.82, 2.24) is 9.80 Å². The van der Waals surface area contributed by atoms with Crippen LogP contribution in [0.3, 0.4) is 0 Å². The van der Waals surface area contributed by atoms with Crippen LogP contribution in [-0.2, 0) is 16.1 Å². The molecule has 0 spiro atoms. The number of imide groups is 1. The predicted octanol–water partition coefficient (Wildman–Crippen LogP) is 3.37. The molecule has 4 rings (SSSR count). The minimum absolute atomic E-state index is 0.0424. The molecule has 5 nitrogen and oxygen atoms in total. The Labute approximate surface area is 156 Å². The van der Waals surface area contributed by atoms with Crippen molar-refractivity contribution in [2.75, 3.05) is 6.54 Å². The smallest absolute Gasteiger partial charge is 0.254 e. The molecule has 26 heavy (non-hydrogen) atoms. The molecule has 0 saturated carbocycles. The van der Waals surface area contributed by atoms with E-state index in [2.05, 4.69) is 6.07 Å². The van der Waals surface area contributed by atoms with Gasteiger partial charge < -0.3 is 4.90 Å². The summed E-state index contributed by atoms with van der Waals surface area (Å²) in [6.45, 7) is 1.06. The summed E-state index contributed by atoms with van der Waals surface area (Å²) in [5.74, 6) is -0.196. The molecule has 2 saturated heterocycles. The van der Waals surface area contributed by atoms with Gasteiger partial charge in [-0.25, -0.2) is 0 Å². The van der Waals surface area contributed by atoms with E-state index in [9.17, 15) is 14.4 Å². The van der Waals surface area contributed by atoms with E-state index in [-0.39, 0.29) is 30.3 Å². The Hall–Kier alpha value is -2.47. The fraction of sp³-hybridized carbons (Fsp3) is 0.350. The van der Waals surface area contributed by atoms with Gasteiger partial charge in [0.25, 0.3) is 5.91 Å². The van der Waals surface area contributed by atoms with Crippen molar-refractivity contribution in [3.8, 4) is 0 Å². The topological polar surface area (TPSA) is 57.7 Å². The molecule has 2 aliphatic heterocycles. The number of carbonyl (C=O) groups is 3. The first-order valence-corrected chi connectivity index (χ1v) is 9.78. The normalized spacial score (nSPS) is 20.2. The highest BCUT2D eigenvalue weighted by molar-refractivity contribution is 7.10. The number of carbonyl (C=O) groups excluding carboxylic acids is 3. The molecular weight excluding hydrogens is 348 g/mol. The van der Waals surface area contributed by atoms with E-state index in [1.165, 1.54) is 9.78 Å². The molecule has 134 valence electrons. The first-order chi connectivity index (χ1) is 12.6. The molecule has 2 aliphatic rings. The zero-order valence-corrected chi connectivity index (χ0v) is 15.2. The van der Waals surface area contributed by atoms with Crippen molar-refractivity contribution in [2.24, 2.45) is 0 Å². The Balaban J connectivity index is 1.47.